The smallest absolute Gasteiger partial charge is 0.416 e. The molecule has 0 radical (unpaired) electrons. The molecule has 2 aromatic rings. The maximum absolute atomic E-state index is 12.7. The summed E-state index contributed by atoms with van der Waals surface area (Å²) in [6, 6.07) is 4.58. The molecule has 3 rings (SSSR count). The first-order valence-electron chi connectivity index (χ1n) is 8.77. The minimum Gasteiger partial charge on any atom is -0.465 e. The Balaban J connectivity index is 1.77. The monoisotopic (exact) mass is 428 g/mol. The second-order valence-electron chi connectivity index (χ2n) is 6.41. The van der Waals surface area contributed by atoms with Gasteiger partial charge < -0.3 is 15.4 Å². The number of rotatable bonds is 3. The van der Waals surface area contributed by atoms with Crippen LogP contribution in [0.25, 0.3) is 0 Å². The number of carbonyl (C=O) groups excluding carboxylic acids is 1. The number of thiocarbonyl (C=S) groups is 1. The third-order valence-corrected chi connectivity index (χ3v) is 5.92. The summed E-state index contributed by atoms with van der Waals surface area (Å²) in [7, 11) is 1.34. The molecule has 0 fully saturated rings. The van der Waals surface area contributed by atoms with E-state index in [1.165, 1.54) is 30.6 Å². The molecule has 150 valence electrons. The summed E-state index contributed by atoms with van der Waals surface area (Å²) >= 11 is 6.76. The molecular formula is C19H19F3N2O2S2. The molecular weight excluding hydrogens is 409 g/mol. The second kappa shape index (κ2) is 8.48. The first-order valence-corrected chi connectivity index (χ1v) is 10.00. The van der Waals surface area contributed by atoms with Crippen LogP contribution in [0.2, 0.25) is 0 Å². The zero-order valence-corrected chi connectivity index (χ0v) is 16.7. The fourth-order valence-electron chi connectivity index (χ4n) is 3.16. The molecule has 1 aromatic heterocycles. The molecule has 0 atom stereocenters. The number of benzene rings is 1. The molecule has 0 bridgehead atoms. The van der Waals surface area contributed by atoms with Crippen molar-refractivity contribution in [1.29, 1.82) is 0 Å². The van der Waals surface area contributed by atoms with Crippen molar-refractivity contribution < 1.29 is 22.7 Å². The highest BCUT2D eigenvalue weighted by atomic mass is 32.1. The van der Waals surface area contributed by atoms with Crippen molar-refractivity contribution in [2.75, 3.05) is 17.7 Å². The number of aryl methyl sites for hydroxylation is 1. The number of methoxy groups -OCH3 is 1. The Kier molecular flexibility index (Phi) is 6.24. The van der Waals surface area contributed by atoms with Crippen molar-refractivity contribution >= 4 is 45.3 Å². The van der Waals surface area contributed by atoms with Gasteiger partial charge in [-0.2, -0.15) is 13.2 Å². The number of anilines is 2. The van der Waals surface area contributed by atoms with E-state index in [0.717, 1.165) is 54.7 Å². The van der Waals surface area contributed by atoms with Crippen molar-refractivity contribution in [3.63, 3.8) is 0 Å². The van der Waals surface area contributed by atoms with Crippen LogP contribution in [0.4, 0.5) is 23.9 Å². The van der Waals surface area contributed by atoms with Gasteiger partial charge in [0, 0.05) is 10.6 Å². The van der Waals surface area contributed by atoms with Crippen molar-refractivity contribution in [3.05, 3.63) is 45.8 Å². The molecule has 4 nitrogen and oxygen atoms in total. The van der Waals surface area contributed by atoms with E-state index < -0.39 is 17.7 Å². The van der Waals surface area contributed by atoms with Crippen LogP contribution in [0.1, 0.15) is 45.6 Å². The summed E-state index contributed by atoms with van der Waals surface area (Å²) < 4.78 is 42.9. The van der Waals surface area contributed by atoms with Crippen LogP contribution in [0.15, 0.2) is 24.3 Å². The molecule has 0 saturated heterocycles. The number of nitrogens with one attached hydrogen (secondary N) is 2. The Morgan fingerprint density at radius 3 is 2.43 bits per heavy atom. The summed E-state index contributed by atoms with van der Waals surface area (Å²) in [5, 5.41) is 6.66. The number of alkyl halides is 3. The summed E-state index contributed by atoms with van der Waals surface area (Å²) in [5.74, 6) is -0.417. The van der Waals surface area contributed by atoms with E-state index in [0.29, 0.717) is 16.3 Å². The SMILES string of the molecule is COC(=O)c1c(NC(=S)Nc2ccc(C(F)(F)F)cc2)sc2c1CCCCC2. The Morgan fingerprint density at radius 1 is 1.11 bits per heavy atom. The van der Waals surface area contributed by atoms with E-state index in [-0.39, 0.29) is 5.11 Å². The van der Waals surface area contributed by atoms with Crippen LogP contribution in [0.3, 0.4) is 0 Å². The van der Waals surface area contributed by atoms with Gasteiger partial charge in [0.25, 0.3) is 0 Å². The summed E-state index contributed by atoms with van der Waals surface area (Å²) in [6.45, 7) is 0. The third kappa shape index (κ3) is 4.64. The normalized spacial score (nSPS) is 14.0. The number of esters is 1. The topological polar surface area (TPSA) is 50.4 Å². The van der Waals surface area contributed by atoms with E-state index in [4.69, 9.17) is 17.0 Å². The van der Waals surface area contributed by atoms with E-state index in [1.54, 1.807) is 0 Å². The maximum atomic E-state index is 12.7. The number of halogens is 3. The predicted molar refractivity (Wildman–Crippen MR) is 108 cm³/mol. The van der Waals surface area contributed by atoms with Crippen LogP contribution < -0.4 is 10.6 Å². The van der Waals surface area contributed by atoms with Crippen molar-refractivity contribution in [2.24, 2.45) is 0 Å². The van der Waals surface area contributed by atoms with Crippen LogP contribution in [0, 0.1) is 0 Å². The maximum Gasteiger partial charge on any atom is 0.416 e. The van der Waals surface area contributed by atoms with Gasteiger partial charge in [-0.05, 0) is 67.7 Å². The molecule has 1 aliphatic rings. The lowest BCUT2D eigenvalue weighted by Crippen LogP contribution is -2.20. The Morgan fingerprint density at radius 2 is 1.79 bits per heavy atom. The van der Waals surface area contributed by atoms with Gasteiger partial charge >= 0.3 is 12.1 Å². The summed E-state index contributed by atoms with van der Waals surface area (Å²) in [6.07, 6.45) is 0.547. The number of carbonyl (C=O) groups is 1. The van der Waals surface area contributed by atoms with Gasteiger partial charge in [-0.25, -0.2) is 4.79 Å². The van der Waals surface area contributed by atoms with Crippen LogP contribution in [-0.2, 0) is 23.8 Å². The second-order valence-corrected chi connectivity index (χ2v) is 7.93. The fraction of sp³-hybridized carbons (Fsp3) is 0.368. The molecule has 0 aliphatic heterocycles. The number of fused-ring (bicyclic) bond motifs is 1. The van der Waals surface area contributed by atoms with E-state index >= 15 is 0 Å². The lowest BCUT2D eigenvalue weighted by Gasteiger charge is -2.12. The summed E-state index contributed by atoms with van der Waals surface area (Å²) in [4.78, 5) is 13.5. The molecule has 28 heavy (non-hydrogen) atoms. The number of thiophene rings is 1. The first-order chi connectivity index (χ1) is 13.3. The summed E-state index contributed by atoms with van der Waals surface area (Å²) in [5.41, 5.74) is 1.20. The number of ether oxygens (including phenoxy) is 1. The number of hydrogen-bond acceptors (Lipinski definition) is 4. The number of hydrogen-bond donors (Lipinski definition) is 2. The third-order valence-electron chi connectivity index (χ3n) is 4.51. The van der Waals surface area contributed by atoms with E-state index in [1.807, 2.05) is 0 Å². The molecule has 1 aromatic carbocycles. The molecule has 1 aliphatic carbocycles. The van der Waals surface area contributed by atoms with Gasteiger partial charge in [-0.3, -0.25) is 0 Å². The lowest BCUT2D eigenvalue weighted by molar-refractivity contribution is -0.137. The van der Waals surface area contributed by atoms with E-state index in [2.05, 4.69) is 10.6 Å². The standard InChI is InChI=1S/C19H19F3N2O2S2/c1-26-17(25)15-13-5-3-2-4-6-14(13)28-16(15)24-18(27)23-12-9-7-11(8-10-12)19(20,21)22/h7-10H,2-6H2,1H3,(H2,23,24,27). The molecule has 0 unspecified atom stereocenters. The highest BCUT2D eigenvalue weighted by molar-refractivity contribution is 7.80. The van der Waals surface area contributed by atoms with Crippen molar-refractivity contribution in [3.8, 4) is 0 Å². The van der Waals surface area contributed by atoms with Crippen LogP contribution in [-0.4, -0.2) is 18.2 Å². The molecule has 1 heterocycles. The van der Waals surface area contributed by atoms with Crippen molar-refractivity contribution in [2.45, 2.75) is 38.3 Å². The molecule has 0 spiro atoms. The van der Waals surface area contributed by atoms with E-state index in [9.17, 15) is 18.0 Å². The zero-order valence-electron chi connectivity index (χ0n) is 15.1. The Bertz CT molecular complexity index is 877. The van der Waals surface area contributed by atoms with Gasteiger partial charge in [-0.1, -0.05) is 6.42 Å². The molecule has 0 saturated carbocycles. The Labute approximate surface area is 170 Å². The molecule has 9 heteroatoms. The van der Waals surface area contributed by atoms with Crippen LogP contribution >= 0.6 is 23.6 Å². The fourth-order valence-corrected chi connectivity index (χ4v) is 4.72. The average molecular weight is 429 g/mol. The van der Waals surface area contributed by atoms with Gasteiger partial charge in [0.1, 0.15) is 5.00 Å². The highest BCUT2D eigenvalue weighted by Crippen LogP contribution is 2.38. The predicted octanol–water partition coefficient (Wildman–Crippen LogP) is 5.63. The Hall–Kier alpha value is -2.13. The lowest BCUT2D eigenvalue weighted by atomic mass is 10.1. The molecule has 0 amide bonds. The zero-order chi connectivity index (χ0) is 20.3. The quantitative estimate of drug-likeness (QED) is 0.377. The van der Waals surface area contributed by atoms with Gasteiger partial charge in [-0.15, -0.1) is 11.3 Å². The van der Waals surface area contributed by atoms with Crippen LogP contribution in [0.5, 0.6) is 0 Å². The average Bonchev–Trinajstić information content (AvgIpc) is 2.81. The molecule has 2 N–H and O–H groups in total. The minimum absolute atomic E-state index is 0.196. The first kappa shape index (κ1) is 20.6. The van der Waals surface area contributed by atoms with Gasteiger partial charge in [0.05, 0.1) is 18.2 Å². The highest BCUT2D eigenvalue weighted by Gasteiger charge is 2.30. The van der Waals surface area contributed by atoms with Gasteiger partial charge in [0.15, 0.2) is 5.11 Å². The largest absolute Gasteiger partial charge is 0.465 e. The van der Waals surface area contributed by atoms with Crippen molar-refractivity contribution in [1.82, 2.24) is 0 Å². The minimum atomic E-state index is -4.39. The van der Waals surface area contributed by atoms with Gasteiger partial charge in [0.2, 0.25) is 0 Å².